The van der Waals surface area contributed by atoms with Crippen molar-refractivity contribution in [1.82, 2.24) is 10.2 Å². The van der Waals surface area contributed by atoms with Gasteiger partial charge < -0.3 is 9.47 Å². The van der Waals surface area contributed by atoms with Crippen molar-refractivity contribution in [2.75, 3.05) is 18.6 Å². The Labute approximate surface area is 201 Å². The summed E-state index contributed by atoms with van der Waals surface area (Å²) in [6.45, 7) is 2.01. The van der Waals surface area contributed by atoms with Gasteiger partial charge in [0.05, 0.1) is 31.0 Å². The highest BCUT2D eigenvalue weighted by Crippen LogP contribution is 2.45. The van der Waals surface area contributed by atoms with Crippen LogP contribution >= 0.6 is 0 Å². The number of anilines is 1. The topological polar surface area (TPSA) is 84.5 Å². The minimum Gasteiger partial charge on any atom is -0.497 e. The molecule has 4 aromatic rings. The van der Waals surface area contributed by atoms with Crippen molar-refractivity contribution in [3.8, 4) is 17.0 Å². The van der Waals surface area contributed by atoms with Crippen LogP contribution in [0, 0.1) is 5.82 Å². The van der Waals surface area contributed by atoms with Crippen LogP contribution < -0.4 is 9.64 Å². The van der Waals surface area contributed by atoms with Crippen LogP contribution in [0.2, 0.25) is 0 Å². The number of H-pyrrole nitrogens is 1. The fraction of sp³-hybridized carbons (Fsp3) is 0.148. The smallest absolute Gasteiger partial charge is 0.338 e. The molecule has 0 fully saturated rings. The second-order valence-electron chi connectivity index (χ2n) is 7.99. The molecule has 1 aliphatic rings. The van der Waals surface area contributed by atoms with E-state index in [1.165, 1.54) is 12.1 Å². The molecule has 1 aliphatic heterocycles. The van der Waals surface area contributed by atoms with Crippen LogP contribution in [-0.2, 0) is 4.74 Å². The third-order valence-electron chi connectivity index (χ3n) is 5.97. The van der Waals surface area contributed by atoms with Gasteiger partial charge in [0, 0.05) is 16.8 Å². The number of benzene rings is 3. The number of aromatic nitrogens is 2. The van der Waals surface area contributed by atoms with E-state index in [-0.39, 0.29) is 18.3 Å². The van der Waals surface area contributed by atoms with Crippen molar-refractivity contribution in [1.29, 1.82) is 0 Å². The van der Waals surface area contributed by atoms with E-state index in [2.05, 4.69) is 10.2 Å². The van der Waals surface area contributed by atoms with Gasteiger partial charge in [0.2, 0.25) is 0 Å². The number of carbonyl (C=O) groups excluding carboxylic acids is 2. The van der Waals surface area contributed by atoms with E-state index < -0.39 is 12.0 Å². The molecular weight excluding hydrogens is 449 g/mol. The number of nitrogens with one attached hydrogen (secondary N) is 1. The first-order valence-electron chi connectivity index (χ1n) is 11.1. The van der Waals surface area contributed by atoms with Crippen LogP contribution in [0.1, 0.15) is 44.9 Å². The summed E-state index contributed by atoms with van der Waals surface area (Å²) in [4.78, 5) is 27.3. The Bertz CT molecular complexity index is 1380. The van der Waals surface area contributed by atoms with Crippen molar-refractivity contribution >= 4 is 17.6 Å². The summed E-state index contributed by atoms with van der Waals surface area (Å²) in [7, 11) is 1.59. The van der Waals surface area contributed by atoms with Crippen LogP contribution in [0.5, 0.6) is 5.75 Å². The van der Waals surface area contributed by atoms with Gasteiger partial charge >= 0.3 is 5.97 Å². The Morgan fingerprint density at radius 1 is 1.03 bits per heavy atom. The fourth-order valence-electron chi connectivity index (χ4n) is 4.32. The Morgan fingerprint density at radius 3 is 2.34 bits per heavy atom. The summed E-state index contributed by atoms with van der Waals surface area (Å²) in [5, 5.41) is 7.34. The van der Waals surface area contributed by atoms with Crippen LogP contribution in [0.15, 0.2) is 72.8 Å². The number of ether oxygens (including phenoxy) is 2. The molecule has 7 nitrogen and oxygen atoms in total. The van der Waals surface area contributed by atoms with Crippen molar-refractivity contribution in [2.24, 2.45) is 0 Å². The zero-order valence-electron chi connectivity index (χ0n) is 19.1. The van der Waals surface area contributed by atoms with Gasteiger partial charge in [-0.2, -0.15) is 5.10 Å². The number of aromatic amines is 1. The molecule has 1 N–H and O–H groups in total. The van der Waals surface area contributed by atoms with E-state index in [1.54, 1.807) is 55.3 Å². The molecule has 5 rings (SSSR count). The van der Waals surface area contributed by atoms with Gasteiger partial charge in [-0.25, -0.2) is 9.18 Å². The van der Waals surface area contributed by atoms with Gasteiger partial charge in [-0.15, -0.1) is 0 Å². The molecule has 0 saturated heterocycles. The Morgan fingerprint density at radius 2 is 1.71 bits per heavy atom. The Kier molecular flexibility index (Phi) is 5.78. The minimum atomic E-state index is -0.553. The van der Waals surface area contributed by atoms with E-state index in [1.807, 2.05) is 24.3 Å². The molecule has 1 unspecified atom stereocenters. The van der Waals surface area contributed by atoms with E-state index in [0.29, 0.717) is 34.0 Å². The van der Waals surface area contributed by atoms with Crippen molar-refractivity contribution in [2.45, 2.75) is 13.0 Å². The van der Waals surface area contributed by atoms with E-state index >= 15 is 0 Å². The van der Waals surface area contributed by atoms with Crippen molar-refractivity contribution in [3.05, 3.63) is 101 Å². The predicted octanol–water partition coefficient (Wildman–Crippen LogP) is 5.15. The molecule has 0 saturated carbocycles. The molecule has 0 spiro atoms. The number of halogens is 1. The number of nitrogens with zero attached hydrogens (tertiary/aromatic N) is 2. The first-order chi connectivity index (χ1) is 17.0. The zero-order chi connectivity index (χ0) is 24.5. The highest BCUT2D eigenvalue weighted by Gasteiger charge is 2.43. The molecule has 0 bridgehead atoms. The minimum absolute atomic E-state index is 0.271. The summed E-state index contributed by atoms with van der Waals surface area (Å²) in [5.74, 6) is -0.370. The molecule has 8 heteroatoms. The fourth-order valence-corrected chi connectivity index (χ4v) is 4.32. The number of amides is 1. The first-order valence-corrected chi connectivity index (χ1v) is 11.1. The van der Waals surface area contributed by atoms with Crippen LogP contribution in [0.25, 0.3) is 11.3 Å². The normalized spacial score (nSPS) is 14.7. The average Bonchev–Trinajstić information content (AvgIpc) is 3.44. The van der Waals surface area contributed by atoms with Crippen LogP contribution in [0.3, 0.4) is 0 Å². The van der Waals surface area contributed by atoms with Gasteiger partial charge in [0.15, 0.2) is 0 Å². The van der Waals surface area contributed by atoms with Gasteiger partial charge in [0.25, 0.3) is 5.91 Å². The number of esters is 1. The second-order valence-corrected chi connectivity index (χ2v) is 7.99. The lowest BCUT2D eigenvalue weighted by molar-refractivity contribution is 0.0526. The summed E-state index contributed by atoms with van der Waals surface area (Å²) in [5.41, 5.74) is 4.19. The lowest BCUT2D eigenvalue weighted by Crippen LogP contribution is -2.29. The molecule has 3 aromatic carbocycles. The molecule has 35 heavy (non-hydrogen) atoms. The Balaban J connectivity index is 1.62. The quantitative estimate of drug-likeness (QED) is 0.393. The lowest BCUT2D eigenvalue weighted by atomic mass is 9.95. The SMILES string of the molecule is CCOC(=O)c1ccc(N2C(=O)c3[nH]nc(-c4ccc(OC)cc4)c3C2c2ccc(F)cc2)cc1. The third kappa shape index (κ3) is 3.93. The maximum atomic E-state index is 13.8. The number of hydrogen-bond donors (Lipinski definition) is 1. The highest BCUT2D eigenvalue weighted by molar-refractivity contribution is 6.12. The number of rotatable bonds is 6. The molecule has 1 aromatic heterocycles. The number of fused-ring (bicyclic) bond motifs is 1. The monoisotopic (exact) mass is 471 g/mol. The summed E-state index contributed by atoms with van der Waals surface area (Å²) >= 11 is 0. The molecule has 1 atom stereocenters. The summed E-state index contributed by atoms with van der Waals surface area (Å²) in [6, 6.07) is 19.5. The first kappa shape index (κ1) is 22.3. The van der Waals surface area contributed by atoms with Gasteiger partial charge in [-0.05, 0) is 73.2 Å². The van der Waals surface area contributed by atoms with Crippen molar-refractivity contribution < 1.29 is 23.5 Å². The molecule has 2 heterocycles. The third-order valence-corrected chi connectivity index (χ3v) is 5.97. The predicted molar refractivity (Wildman–Crippen MR) is 128 cm³/mol. The Hall–Kier alpha value is -4.46. The standard InChI is InChI=1S/C27H22FN3O4/c1-3-35-27(33)18-6-12-20(13-7-18)31-25(17-4-10-19(28)11-5-17)22-23(29-30-24(22)26(31)32)16-8-14-21(34-2)15-9-16/h4-15,25H,3H2,1-2H3,(H,29,30). The number of hydrogen-bond acceptors (Lipinski definition) is 5. The molecule has 176 valence electrons. The van der Waals surface area contributed by atoms with Crippen LogP contribution in [0.4, 0.5) is 10.1 Å². The van der Waals surface area contributed by atoms with Gasteiger partial charge in [-0.3, -0.25) is 14.8 Å². The van der Waals surface area contributed by atoms with Gasteiger partial charge in [0.1, 0.15) is 17.3 Å². The van der Waals surface area contributed by atoms with E-state index in [0.717, 1.165) is 11.1 Å². The van der Waals surface area contributed by atoms with E-state index in [4.69, 9.17) is 9.47 Å². The number of carbonyl (C=O) groups is 2. The maximum absolute atomic E-state index is 13.8. The summed E-state index contributed by atoms with van der Waals surface area (Å²) < 4.78 is 24.1. The number of methoxy groups -OCH3 is 1. The largest absolute Gasteiger partial charge is 0.497 e. The molecule has 1 amide bonds. The maximum Gasteiger partial charge on any atom is 0.338 e. The van der Waals surface area contributed by atoms with Crippen molar-refractivity contribution in [3.63, 3.8) is 0 Å². The average molecular weight is 471 g/mol. The van der Waals surface area contributed by atoms with E-state index in [9.17, 15) is 14.0 Å². The molecular formula is C27H22FN3O4. The lowest BCUT2D eigenvalue weighted by Gasteiger charge is -2.26. The summed E-state index contributed by atoms with van der Waals surface area (Å²) in [6.07, 6.45) is 0. The van der Waals surface area contributed by atoms with Crippen LogP contribution in [-0.4, -0.2) is 35.8 Å². The molecule has 0 radical (unpaired) electrons. The highest BCUT2D eigenvalue weighted by atomic mass is 19.1. The molecule has 0 aliphatic carbocycles. The van der Waals surface area contributed by atoms with Gasteiger partial charge in [-0.1, -0.05) is 12.1 Å². The zero-order valence-corrected chi connectivity index (χ0v) is 19.1. The second kappa shape index (κ2) is 9.06.